The molecule has 4 nitrogen and oxygen atoms in total. The number of aliphatic hydroxyl groups excluding tert-OH is 1. The smallest absolute Gasteiger partial charge is 0.164 e. The van der Waals surface area contributed by atoms with Crippen LogP contribution in [0.4, 0.5) is 0 Å². The molecule has 4 aromatic rings. The Morgan fingerprint density at radius 3 is 2.03 bits per heavy atom. The van der Waals surface area contributed by atoms with Crippen molar-refractivity contribution in [2.24, 2.45) is 10.8 Å². The normalized spacial score (nSPS) is 12.1. The number of ketones is 1. The molecule has 0 saturated carbocycles. The van der Waals surface area contributed by atoms with Crippen molar-refractivity contribution < 1.29 is 30.0 Å². The summed E-state index contributed by atoms with van der Waals surface area (Å²) >= 11 is 0. The molecule has 1 radical (unpaired) electrons. The van der Waals surface area contributed by atoms with Gasteiger partial charge in [0.1, 0.15) is 11.6 Å². The Balaban J connectivity index is 0.000000328. The summed E-state index contributed by atoms with van der Waals surface area (Å²) in [4.78, 5) is 21.1. The number of benzene rings is 3. The topological polar surface area (TPSA) is 63.1 Å². The summed E-state index contributed by atoms with van der Waals surface area (Å²) in [6, 6.07) is 16.5. The number of carbonyl (C=O) groups is 1. The van der Waals surface area contributed by atoms with Crippen LogP contribution in [-0.4, -0.2) is 20.9 Å². The summed E-state index contributed by atoms with van der Waals surface area (Å²) in [6.07, 6.45) is 1.33. The number of allylic oxidation sites excluding steroid dienone is 2. The molecule has 5 heteroatoms. The maximum absolute atomic E-state index is 11.5. The molecule has 1 N–H and O–H groups in total. The van der Waals surface area contributed by atoms with E-state index in [0.717, 1.165) is 33.5 Å². The van der Waals surface area contributed by atoms with Crippen LogP contribution in [0.15, 0.2) is 48.2 Å². The zero-order chi connectivity index (χ0) is 28.6. The Labute approximate surface area is 247 Å². The van der Waals surface area contributed by atoms with E-state index < -0.39 is 5.41 Å². The maximum Gasteiger partial charge on any atom is 0.164 e. The Morgan fingerprint density at radius 2 is 1.46 bits per heavy atom. The number of nitrogens with zero attached hydrogens (tertiary/aromatic N) is 2. The average Bonchev–Trinajstić information content (AvgIpc) is 2.76. The molecular formula is C34H41IrN2O2-. The number of hydrogen-bond acceptors (Lipinski definition) is 4. The number of aryl methyl sites for hydroxylation is 5. The summed E-state index contributed by atoms with van der Waals surface area (Å²) in [5, 5.41) is 13.1. The van der Waals surface area contributed by atoms with E-state index in [1.807, 2.05) is 48.5 Å². The van der Waals surface area contributed by atoms with Crippen LogP contribution in [0.1, 0.15) is 69.6 Å². The van der Waals surface area contributed by atoms with E-state index in [-0.39, 0.29) is 37.1 Å². The van der Waals surface area contributed by atoms with E-state index in [1.165, 1.54) is 33.5 Å². The van der Waals surface area contributed by atoms with Crippen molar-refractivity contribution in [2.75, 3.05) is 0 Å². The van der Waals surface area contributed by atoms with Gasteiger partial charge in [-0.3, -0.25) is 9.78 Å². The average molecular weight is 702 g/mol. The monoisotopic (exact) mass is 702 g/mol. The Morgan fingerprint density at radius 1 is 0.846 bits per heavy atom. The molecule has 39 heavy (non-hydrogen) atoms. The fraction of sp³-hybridized carbons (Fsp3) is 0.382. The minimum atomic E-state index is -0.417. The molecule has 0 saturated heterocycles. The molecule has 0 unspecified atom stereocenters. The van der Waals surface area contributed by atoms with Crippen molar-refractivity contribution in [3.05, 3.63) is 82.4 Å². The molecule has 0 amide bonds. The predicted molar refractivity (Wildman–Crippen MR) is 160 cm³/mol. The van der Waals surface area contributed by atoms with Gasteiger partial charge in [-0.05, 0) is 42.8 Å². The fourth-order valence-corrected chi connectivity index (χ4v) is 4.34. The second-order valence-corrected chi connectivity index (χ2v) is 12.4. The standard InChI is InChI=1S/C23H21N2.C11H20O2.Ir/c1-13-8-14(2)12-19(11-13)22-20-7-6-18-10-15(3)9-16(4)21(18)23(20)25-17(5)24-22;1-10(2,3)8(12)7-9(13)11(4,5)6;/h6-11H,1-5H3;7,12H,1-6H3;/q-1;;/b;8-7-;. The van der Waals surface area contributed by atoms with Gasteiger partial charge in [0.15, 0.2) is 5.78 Å². The molecule has 0 spiro atoms. The summed E-state index contributed by atoms with van der Waals surface area (Å²) in [5.74, 6) is 0.898. The van der Waals surface area contributed by atoms with Gasteiger partial charge >= 0.3 is 0 Å². The Hall–Kier alpha value is -2.88. The van der Waals surface area contributed by atoms with Crippen LogP contribution in [0.2, 0.25) is 0 Å². The maximum atomic E-state index is 11.5. The van der Waals surface area contributed by atoms with Gasteiger partial charge in [-0.1, -0.05) is 85.2 Å². The summed E-state index contributed by atoms with van der Waals surface area (Å²) in [6.45, 7) is 21.6. The molecular weight excluding hydrogens is 661 g/mol. The zero-order valence-corrected chi connectivity index (χ0v) is 27.5. The molecule has 0 aliphatic carbocycles. The van der Waals surface area contributed by atoms with Gasteiger partial charge in [-0.25, -0.2) is 4.98 Å². The molecule has 0 fully saturated rings. The van der Waals surface area contributed by atoms with Crippen LogP contribution < -0.4 is 0 Å². The second-order valence-electron chi connectivity index (χ2n) is 12.4. The number of aliphatic hydroxyl groups is 1. The molecule has 0 aliphatic rings. The molecule has 0 aliphatic heterocycles. The van der Waals surface area contributed by atoms with Gasteiger partial charge in [0.05, 0.1) is 5.52 Å². The van der Waals surface area contributed by atoms with Crippen LogP contribution in [-0.2, 0) is 24.9 Å². The third-order valence-corrected chi connectivity index (χ3v) is 6.41. The SMILES string of the molecule is CC(C)(C)C(=O)/C=C(\O)C(C)(C)C.Cc1[c-]c(-c2nc(C)nc3c2ccc2cc(C)cc(C)c23)cc(C)c1.[Ir]. The Kier molecular flexibility index (Phi) is 10.0. The third kappa shape index (κ3) is 7.83. The van der Waals surface area contributed by atoms with E-state index in [0.29, 0.717) is 0 Å². The first-order valence-electron chi connectivity index (χ1n) is 13.1. The predicted octanol–water partition coefficient (Wildman–Crippen LogP) is 8.88. The fourth-order valence-electron chi connectivity index (χ4n) is 4.34. The molecule has 1 aromatic heterocycles. The summed E-state index contributed by atoms with van der Waals surface area (Å²) in [7, 11) is 0. The van der Waals surface area contributed by atoms with Gasteiger partial charge in [-0.2, -0.15) is 0 Å². The first kappa shape index (κ1) is 32.3. The van der Waals surface area contributed by atoms with E-state index in [4.69, 9.17) is 9.97 Å². The van der Waals surface area contributed by atoms with Crippen LogP contribution in [0.25, 0.3) is 32.9 Å². The van der Waals surface area contributed by atoms with Crippen LogP contribution in [0, 0.1) is 51.5 Å². The molecule has 0 bridgehead atoms. The van der Waals surface area contributed by atoms with Gasteiger partial charge < -0.3 is 5.11 Å². The number of aromatic nitrogens is 2. The first-order chi connectivity index (χ1) is 17.5. The summed E-state index contributed by atoms with van der Waals surface area (Å²) < 4.78 is 0. The first-order valence-corrected chi connectivity index (χ1v) is 13.1. The summed E-state index contributed by atoms with van der Waals surface area (Å²) in [5.41, 5.74) is 7.17. The molecule has 3 aromatic carbocycles. The van der Waals surface area contributed by atoms with Gasteiger partial charge in [0.25, 0.3) is 0 Å². The van der Waals surface area contributed by atoms with E-state index in [2.05, 4.69) is 70.2 Å². The number of hydrogen-bond donors (Lipinski definition) is 1. The quantitative estimate of drug-likeness (QED) is 0.0982. The van der Waals surface area contributed by atoms with E-state index >= 15 is 0 Å². The number of rotatable bonds is 2. The second kappa shape index (κ2) is 12.1. The van der Waals surface area contributed by atoms with Gasteiger partial charge in [0.2, 0.25) is 0 Å². The molecule has 0 atom stereocenters. The van der Waals surface area contributed by atoms with E-state index in [9.17, 15) is 9.90 Å². The Bertz CT molecular complexity index is 1530. The van der Waals surface area contributed by atoms with Crippen molar-refractivity contribution >= 4 is 27.5 Å². The van der Waals surface area contributed by atoms with Gasteiger partial charge in [-0.15, -0.1) is 34.9 Å². The van der Waals surface area contributed by atoms with Crippen LogP contribution in [0.3, 0.4) is 0 Å². The van der Waals surface area contributed by atoms with Crippen molar-refractivity contribution in [3.8, 4) is 11.3 Å². The zero-order valence-electron chi connectivity index (χ0n) is 25.1. The molecule has 1 heterocycles. The van der Waals surface area contributed by atoms with Crippen LogP contribution >= 0.6 is 0 Å². The number of fused-ring (bicyclic) bond motifs is 3. The minimum absolute atomic E-state index is 0. The molecule has 209 valence electrons. The number of carbonyl (C=O) groups excluding carboxylic acids is 1. The minimum Gasteiger partial charge on any atom is -0.512 e. The van der Waals surface area contributed by atoms with Gasteiger partial charge in [0, 0.05) is 42.4 Å². The largest absolute Gasteiger partial charge is 0.512 e. The van der Waals surface area contributed by atoms with Crippen molar-refractivity contribution in [2.45, 2.75) is 76.2 Å². The van der Waals surface area contributed by atoms with Crippen molar-refractivity contribution in [1.82, 2.24) is 9.97 Å². The van der Waals surface area contributed by atoms with Crippen LogP contribution in [0.5, 0.6) is 0 Å². The molecule has 4 rings (SSSR count). The van der Waals surface area contributed by atoms with Crippen molar-refractivity contribution in [1.29, 1.82) is 0 Å². The van der Waals surface area contributed by atoms with Crippen molar-refractivity contribution in [3.63, 3.8) is 0 Å². The third-order valence-electron chi connectivity index (χ3n) is 6.41. The van der Waals surface area contributed by atoms with E-state index in [1.54, 1.807) is 0 Å².